The molecule has 112 valence electrons. The van der Waals surface area contributed by atoms with E-state index in [4.69, 9.17) is 10.5 Å². The molecule has 0 aromatic heterocycles. The third kappa shape index (κ3) is 3.01. The minimum atomic E-state index is -3.64. The number of anilines is 1. The summed E-state index contributed by atoms with van der Waals surface area (Å²) in [6.07, 6.45) is 0. The molecule has 2 rings (SSSR count). The molecular formula is C15H18N2O3S. The monoisotopic (exact) mass is 306 g/mol. The first-order chi connectivity index (χ1) is 10.0. The predicted molar refractivity (Wildman–Crippen MR) is 82.9 cm³/mol. The van der Waals surface area contributed by atoms with Gasteiger partial charge in [-0.25, -0.2) is 8.42 Å². The van der Waals surface area contributed by atoms with Crippen molar-refractivity contribution in [1.82, 2.24) is 0 Å². The van der Waals surface area contributed by atoms with Gasteiger partial charge < -0.3 is 10.5 Å². The summed E-state index contributed by atoms with van der Waals surface area (Å²) in [5.74, 6) is 0.673. The standard InChI is InChI=1S/C15H18N2O3S/c1-17(13-7-9-14(20-2)10-8-13)21(18,19)15-6-4-3-5-12(15)11-16/h3-10H,11,16H2,1-2H3. The van der Waals surface area contributed by atoms with Crippen molar-refractivity contribution in [1.29, 1.82) is 0 Å². The number of methoxy groups -OCH3 is 1. The number of sulfonamides is 1. The van der Waals surface area contributed by atoms with Crippen LogP contribution < -0.4 is 14.8 Å². The molecule has 0 saturated carbocycles. The Hall–Kier alpha value is -2.05. The number of hydrogen-bond donors (Lipinski definition) is 1. The minimum Gasteiger partial charge on any atom is -0.497 e. The van der Waals surface area contributed by atoms with Gasteiger partial charge in [0, 0.05) is 13.6 Å². The number of hydrogen-bond acceptors (Lipinski definition) is 4. The lowest BCUT2D eigenvalue weighted by Crippen LogP contribution is -2.27. The predicted octanol–water partition coefficient (Wildman–Crippen LogP) is 1.98. The van der Waals surface area contributed by atoms with Crippen molar-refractivity contribution in [3.63, 3.8) is 0 Å². The number of rotatable bonds is 5. The fraction of sp³-hybridized carbons (Fsp3) is 0.200. The molecule has 0 radical (unpaired) electrons. The summed E-state index contributed by atoms with van der Waals surface area (Å²) in [6.45, 7) is 0.172. The molecule has 0 aliphatic heterocycles. The second kappa shape index (κ2) is 6.15. The Kier molecular flexibility index (Phi) is 4.50. The van der Waals surface area contributed by atoms with Crippen molar-refractivity contribution in [2.45, 2.75) is 11.4 Å². The molecule has 6 heteroatoms. The third-order valence-electron chi connectivity index (χ3n) is 3.27. The lowest BCUT2D eigenvalue weighted by Gasteiger charge is -2.21. The Morgan fingerprint density at radius 1 is 1.10 bits per heavy atom. The topological polar surface area (TPSA) is 72.6 Å². The van der Waals surface area contributed by atoms with Gasteiger partial charge >= 0.3 is 0 Å². The normalized spacial score (nSPS) is 11.2. The molecule has 0 fully saturated rings. The molecule has 0 saturated heterocycles. The van der Waals surface area contributed by atoms with Crippen molar-refractivity contribution < 1.29 is 13.2 Å². The largest absolute Gasteiger partial charge is 0.497 e. The van der Waals surface area contributed by atoms with Crippen molar-refractivity contribution in [3.8, 4) is 5.75 Å². The van der Waals surface area contributed by atoms with E-state index in [0.717, 1.165) is 0 Å². The van der Waals surface area contributed by atoms with E-state index in [1.54, 1.807) is 55.6 Å². The smallest absolute Gasteiger partial charge is 0.264 e. The van der Waals surface area contributed by atoms with E-state index < -0.39 is 10.0 Å². The number of nitrogens with zero attached hydrogens (tertiary/aromatic N) is 1. The molecule has 0 aliphatic carbocycles. The molecule has 0 aliphatic rings. The quantitative estimate of drug-likeness (QED) is 0.917. The molecular weight excluding hydrogens is 288 g/mol. The van der Waals surface area contributed by atoms with Crippen LogP contribution in [0.3, 0.4) is 0 Å². The molecule has 2 aromatic carbocycles. The van der Waals surface area contributed by atoms with Crippen LogP contribution in [0.5, 0.6) is 5.75 Å². The average Bonchev–Trinajstić information content (AvgIpc) is 2.54. The summed E-state index contributed by atoms with van der Waals surface area (Å²) in [4.78, 5) is 0.228. The SMILES string of the molecule is COc1ccc(N(C)S(=O)(=O)c2ccccc2CN)cc1. The van der Waals surface area contributed by atoms with E-state index in [1.165, 1.54) is 11.4 Å². The molecule has 0 spiro atoms. The third-order valence-corrected chi connectivity index (χ3v) is 5.15. The second-order valence-electron chi connectivity index (χ2n) is 4.48. The molecule has 0 bridgehead atoms. The average molecular weight is 306 g/mol. The van der Waals surface area contributed by atoms with Gasteiger partial charge in [0.05, 0.1) is 17.7 Å². The van der Waals surface area contributed by atoms with Gasteiger partial charge in [-0.05, 0) is 35.9 Å². The second-order valence-corrected chi connectivity index (χ2v) is 6.42. The summed E-state index contributed by atoms with van der Waals surface area (Å²) >= 11 is 0. The Labute approximate surface area is 125 Å². The van der Waals surface area contributed by atoms with E-state index in [9.17, 15) is 8.42 Å². The Morgan fingerprint density at radius 2 is 1.71 bits per heavy atom. The summed E-state index contributed by atoms with van der Waals surface area (Å²) < 4.78 is 31.7. The molecule has 21 heavy (non-hydrogen) atoms. The lowest BCUT2D eigenvalue weighted by molar-refractivity contribution is 0.415. The maximum absolute atomic E-state index is 12.7. The van der Waals surface area contributed by atoms with Crippen molar-refractivity contribution in [2.24, 2.45) is 5.73 Å². The van der Waals surface area contributed by atoms with Crippen molar-refractivity contribution in [3.05, 3.63) is 54.1 Å². The highest BCUT2D eigenvalue weighted by Gasteiger charge is 2.23. The van der Waals surface area contributed by atoms with Crippen LogP contribution in [0.2, 0.25) is 0 Å². The summed E-state index contributed by atoms with van der Waals surface area (Å²) in [6, 6.07) is 13.6. The number of ether oxygens (including phenoxy) is 1. The van der Waals surface area contributed by atoms with Crippen LogP contribution in [-0.4, -0.2) is 22.6 Å². The number of nitrogens with two attached hydrogens (primary N) is 1. The zero-order valence-corrected chi connectivity index (χ0v) is 12.8. The first-order valence-electron chi connectivity index (χ1n) is 6.41. The first-order valence-corrected chi connectivity index (χ1v) is 7.85. The van der Waals surface area contributed by atoms with Gasteiger partial charge in [0.2, 0.25) is 0 Å². The number of benzene rings is 2. The molecule has 0 amide bonds. The highest BCUT2D eigenvalue weighted by molar-refractivity contribution is 7.92. The highest BCUT2D eigenvalue weighted by Crippen LogP contribution is 2.25. The Morgan fingerprint density at radius 3 is 2.29 bits per heavy atom. The van der Waals surface area contributed by atoms with E-state index in [2.05, 4.69) is 0 Å². The van der Waals surface area contributed by atoms with Gasteiger partial charge in [-0.15, -0.1) is 0 Å². The maximum Gasteiger partial charge on any atom is 0.264 e. The maximum atomic E-state index is 12.7. The molecule has 2 N–H and O–H groups in total. The lowest BCUT2D eigenvalue weighted by atomic mass is 10.2. The molecule has 0 heterocycles. The van der Waals surface area contributed by atoms with Gasteiger partial charge in [-0.1, -0.05) is 18.2 Å². The van der Waals surface area contributed by atoms with Crippen LogP contribution in [0, 0.1) is 0 Å². The van der Waals surface area contributed by atoms with Gasteiger partial charge in [0.1, 0.15) is 5.75 Å². The molecule has 0 unspecified atom stereocenters. The van der Waals surface area contributed by atoms with E-state index in [-0.39, 0.29) is 11.4 Å². The van der Waals surface area contributed by atoms with E-state index in [0.29, 0.717) is 17.0 Å². The zero-order valence-electron chi connectivity index (χ0n) is 12.0. The van der Waals surface area contributed by atoms with Gasteiger partial charge in [0.25, 0.3) is 10.0 Å². The molecule has 2 aromatic rings. The highest BCUT2D eigenvalue weighted by atomic mass is 32.2. The van der Waals surface area contributed by atoms with Crippen LogP contribution in [0.4, 0.5) is 5.69 Å². The molecule has 0 atom stereocenters. The van der Waals surface area contributed by atoms with Crippen molar-refractivity contribution in [2.75, 3.05) is 18.5 Å². The van der Waals surface area contributed by atoms with Gasteiger partial charge in [-0.2, -0.15) is 0 Å². The van der Waals surface area contributed by atoms with E-state index >= 15 is 0 Å². The summed E-state index contributed by atoms with van der Waals surface area (Å²) in [5.41, 5.74) is 6.78. The zero-order chi connectivity index (χ0) is 15.5. The van der Waals surface area contributed by atoms with Crippen LogP contribution in [0.25, 0.3) is 0 Å². The summed E-state index contributed by atoms with van der Waals surface area (Å²) in [7, 11) is -0.561. The van der Waals surface area contributed by atoms with E-state index in [1.807, 2.05) is 0 Å². The fourth-order valence-electron chi connectivity index (χ4n) is 2.00. The van der Waals surface area contributed by atoms with Crippen LogP contribution in [0.15, 0.2) is 53.4 Å². The summed E-state index contributed by atoms with van der Waals surface area (Å²) in [5, 5.41) is 0. The van der Waals surface area contributed by atoms with Gasteiger partial charge in [0.15, 0.2) is 0 Å². The Bertz CT molecular complexity index is 712. The fourth-order valence-corrected chi connectivity index (χ4v) is 3.43. The van der Waals surface area contributed by atoms with Gasteiger partial charge in [-0.3, -0.25) is 4.31 Å². The van der Waals surface area contributed by atoms with Crippen LogP contribution in [0.1, 0.15) is 5.56 Å². The first kappa shape index (κ1) is 15.3. The van der Waals surface area contributed by atoms with Crippen LogP contribution in [-0.2, 0) is 16.6 Å². The molecule has 5 nitrogen and oxygen atoms in total. The van der Waals surface area contributed by atoms with Crippen LogP contribution >= 0.6 is 0 Å². The minimum absolute atomic E-state index is 0.172. The van der Waals surface area contributed by atoms with Crippen molar-refractivity contribution >= 4 is 15.7 Å². The Balaban J connectivity index is 2.42.